The van der Waals surface area contributed by atoms with E-state index in [0.29, 0.717) is 13.1 Å². The summed E-state index contributed by atoms with van der Waals surface area (Å²) in [7, 11) is 0. The highest BCUT2D eigenvalue weighted by atomic mass is 16.3. The van der Waals surface area contributed by atoms with Crippen LogP contribution in [-0.4, -0.2) is 55.4 Å². The average Bonchev–Trinajstić information content (AvgIpc) is 2.85. The van der Waals surface area contributed by atoms with Gasteiger partial charge in [-0.3, -0.25) is 4.90 Å². The van der Waals surface area contributed by atoms with Gasteiger partial charge in [-0.15, -0.1) is 0 Å². The maximum absolute atomic E-state index is 13.5. The van der Waals surface area contributed by atoms with Crippen molar-refractivity contribution in [2.75, 3.05) is 44.2 Å². The molecule has 2 N–H and O–H groups in total. The fourth-order valence-corrected chi connectivity index (χ4v) is 3.74. The smallest absolute Gasteiger partial charge is 0.329 e. The van der Waals surface area contributed by atoms with Crippen molar-refractivity contribution in [2.45, 2.75) is 0 Å². The Morgan fingerprint density at radius 3 is 2.00 bits per heavy atom. The number of rotatable bonds is 2. The van der Waals surface area contributed by atoms with Crippen LogP contribution in [0.4, 0.5) is 16.2 Å². The highest BCUT2D eigenvalue weighted by Gasteiger charge is 2.31. The van der Waals surface area contributed by atoms with E-state index in [1.54, 1.807) is 0 Å². The van der Waals surface area contributed by atoms with E-state index >= 15 is 0 Å². The molecular weight excluding hydrogens is 326 g/mol. The van der Waals surface area contributed by atoms with Crippen LogP contribution in [0.5, 0.6) is 0 Å². The van der Waals surface area contributed by atoms with Gasteiger partial charge >= 0.3 is 6.03 Å². The molecule has 5 heteroatoms. The molecule has 2 amide bonds. The molecule has 0 spiro atoms. The first-order valence-electron chi connectivity index (χ1n) is 9.17. The fourth-order valence-electron chi connectivity index (χ4n) is 3.74. The van der Waals surface area contributed by atoms with Crippen LogP contribution in [-0.2, 0) is 0 Å². The molecule has 1 saturated heterocycles. The lowest BCUT2D eigenvalue weighted by molar-refractivity contribution is -0.904. The molecule has 2 aromatic rings. The molecule has 0 aromatic heterocycles. The van der Waals surface area contributed by atoms with Crippen molar-refractivity contribution in [2.24, 2.45) is 0 Å². The van der Waals surface area contributed by atoms with Crippen molar-refractivity contribution in [1.29, 1.82) is 0 Å². The maximum atomic E-state index is 13.5. The third-order valence-corrected chi connectivity index (χ3v) is 5.20. The molecule has 0 atom stereocenters. The molecule has 26 heavy (non-hydrogen) atoms. The van der Waals surface area contributed by atoms with E-state index < -0.39 is 0 Å². The Labute approximate surface area is 153 Å². The van der Waals surface area contributed by atoms with Gasteiger partial charge in [-0.1, -0.05) is 48.6 Å². The van der Waals surface area contributed by atoms with Crippen molar-refractivity contribution in [3.8, 4) is 0 Å². The number of amides is 2. The zero-order chi connectivity index (χ0) is 17.9. The lowest BCUT2D eigenvalue weighted by Crippen LogP contribution is -3.15. The number of hydrogen-bond acceptors (Lipinski definition) is 2. The molecule has 0 aliphatic carbocycles. The topological polar surface area (TPSA) is 48.2 Å². The number of piperazine rings is 1. The van der Waals surface area contributed by atoms with Crippen molar-refractivity contribution >= 4 is 29.6 Å². The lowest BCUT2D eigenvalue weighted by atomic mass is 10.1. The van der Waals surface area contributed by atoms with Crippen LogP contribution in [0, 0.1) is 0 Å². The number of para-hydroxylation sites is 2. The Hall–Kier alpha value is -2.63. The van der Waals surface area contributed by atoms with E-state index in [1.165, 1.54) is 4.90 Å². The van der Waals surface area contributed by atoms with Crippen molar-refractivity contribution in [3.63, 3.8) is 0 Å². The quantitative estimate of drug-likeness (QED) is 0.865. The number of quaternary nitrogens is 1. The number of nitrogens with zero attached hydrogens (tertiary/aromatic N) is 2. The minimum absolute atomic E-state index is 0.0247. The third kappa shape index (κ3) is 3.11. The summed E-state index contributed by atoms with van der Waals surface area (Å²) in [4.78, 5) is 18.6. The Morgan fingerprint density at radius 2 is 1.46 bits per heavy atom. The maximum Gasteiger partial charge on any atom is 0.329 e. The fraction of sp³-hybridized carbons (Fsp3) is 0.286. The monoisotopic (exact) mass is 350 g/mol. The van der Waals surface area contributed by atoms with E-state index in [4.69, 9.17) is 5.11 Å². The second-order valence-corrected chi connectivity index (χ2v) is 6.78. The van der Waals surface area contributed by atoms with Gasteiger partial charge in [-0.25, -0.2) is 4.79 Å². The van der Waals surface area contributed by atoms with E-state index in [9.17, 15) is 4.79 Å². The summed E-state index contributed by atoms with van der Waals surface area (Å²) < 4.78 is 0. The average molecular weight is 350 g/mol. The summed E-state index contributed by atoms with van der Waals surface area (Å²) in [5, 5.41) is 9.13. The molecule has 2 aromatic carbocycles. The van der Waals surface area contributed by atoms with Gasteiger partial charge in [0.15, 0.2) is 0 Å². The summed E-state index contributed by atoms with van der Waals surface area (Å²) >= 11 is 0. The molecular formula is C21H24N3O2+. The highest BCUT2D eigenvalue weighted by Crippen LogP contribution is 2.36. The number of fused-ring (bicyclic) bond motifs is 2. The first-order valence-corrected chi connectivity index (χ1v) is 9.17. The van der Waals surface area contributed by atoms with E-state index in [1.807, 2.05) is 58.3 Å². The predicted molar refractivity (Wildman–Crippen MR) is 104 cm³/mol. The predicted octanol–water partition coefficient (Wildman–Crippen LogP) is 1.62. The Morgan fingerprint density at radius 1 is 0.923 bits per heavy atom. The number of urea groups is 1. The van der Waals surface area contributed by atoms with Crippen LogP contribution < -0.4 is 9.80 Å². The minimum atomic E-state index is 0.0247. The van der Waals surface area contributed by atoms with Gasteiger partial charge in [-0.05, 0) is 23.3 Å². The number of benzene rings is 2. The third-order valence-electron chi connectivity index (χ3n) is 5.20. The molecule has 2 heterocycles. The van der Waals surface area contributed by atoms with Gasteiger partial charge in [0.1, 0.15) is 6.54 Å². The van der Waals surface area contributed by atoms with Crippen LogP contribution in [0.2, 0.25) is 0 Å². The number of hydrogen-bond donors (Lipinski definition) is 2. The minimum Gasteiger partial charge on any atom is -0.391 e. The van der Waals surface area contributed by atoms with Gasteiger partial charge in [-0.2, -0.15) is 0 Å². The summed E-state index contributed by atoms with van der Waals surface area (Å²) in [6, 6.07) is 16.1. The highest BCUT2D eigenvalue weighted by molar-refractivity contribution is 6.05. The Bertz CT molecular complexity index is 776. The van der Waals surface area contributed by atoms with Gasteiger partial charge < -0.3 is 14.9 Å². The van der Waals surface area contributed by atoms with Gasteiger partial charge in [0.2, 0.25) is 0 Å². The molecule has 1 fully saturated rings. The van der Waals surface area contributed by atoms with Gasteiger partial charge in [0.05, 0.1) is 44.2 Å². The molecule has 2 aliphatic heterocycles. The second kappa shape index (κ2) is 7.32. The Balaban J connectivity index is 1.67. The summed E-state index contributed by atoms with van der Waals surface area (Å²) in [5.74, 6) is 0. The number of nitrogens with one attached hydrogen (secondary N) is 1. The van der Waals surface area contributed by atoms with Gasteiger partial charge in [0, 0.05) is 0 Å². The SMILES string of the molecule is O=C(N1CC[NH+](CCO)CC1)N1c2ccccc2C=Cc2ccccc21. The normalized spacial score (nSPS) is 16.8. The summed E-state index contributed by atoms with van der Waals surface area (Å²) in [6.45, 7) is 4.12. The van der Waals surface area contributed by atoms with Crippen molar-refractivity contribution in [3.05, 3.63) is 59.7 Å². The standard InChI is InChI=1S/C21H23N3O2/c25-16-15-22-11-13-23(14-12-22)21(26)24-19-7-3-1-5-17(19)9-10-18-6-2-4-8-20(18)24/h1-10,25H,11-16H2/p+1. The first kappa shape index (κ1) is 16.8. The summed E-state index contributed by atoms with van der Waals surface area (Å²) in [5.41, 5.74) is 3.93. The molecule has 134 valence electrons. The molecule has 0 radical (unpaired) electrons. The van der Waals surface area contributed by atoms with Crippen molar-refractivity contribution in [1.82, 2.24) is 4.90 Å². The second-order valence-electron chi connectivity index (χ2n) is 6.78. The van der Waals surface area contributed by atoms with E-state index in [0.717, 1.165) is 42.1 Å². The van der Waals surface area contributed by atoms with Crippen LogP contribution >= 0.6 is 0 Å². The molecule has 0 unspecified atom stereocenters. The van der Waals surface area contributed by atoms with Crippen LogP contribution in [0.1, 0.15) is 11.1 Å². The van der Waals surface area contributed by atoms with Crippen molar-refractivity contribution < 1.29 is 14.8 Å². The number of carbonyl (C=O) groups is 1. The van der Waals surface area contributed by atoms with Crippen LogP contribution in [0.3, 0.4) is 0 Å². The van der Waals surface area contributed by atoms with E-state index in [-0.39, 0.29) is 12.6 Å². The van der Waals surface area contributed by atoms with E-state index in [2.05, 4.69) is 12.2 Å². The molecule has 4 rings (SSSR count). The largest absolute Gasteiger partial charge is 0.391 e. The molecule has 0 saturated carbocycles. The zero-order valence-electron chi connectivity index (χ0n) is 14.8. The number of aliphatic hydroxyl groups is 1. The summed E-state index contributed by atoms with van der Waals surface area (Å²) in [6.07, 6.45) is 4.15. The van der Waals surface area contributed by atoms with Crippen LogP contribution in [0.25, 0.3) is 12.2 Å². The Kier molecular flexibility index (Phi) is 4.73. The number of aliphatic hydroxyl groups excluding tert-OH is 1. The lowest BCUT2D eigenvalue weighted by Gasteiger charge is -2.36. The zero-order valence-corrected chi connectivity index (χ0v) is 14.8. The molecule has 2 aliphatic rings. The number of carbonyl (C=O) groups excluding carboxylic acids is 1. The molecule has 0 bridgehead atoms. The van der Waals surface area contributed by atoms with Crippen LogP contribution in [0.15, 0.2) is 48.5 Å². The van der Waals surface area contributed by atoms with Gasteiger partial charge in [0.25, 0.3) is 0 Å². The first-order chi connectivity index (χ1) is 12.8. The molecule has 5 nitrogen and oxygen atoms in total. The number of anilines is 2.